The van der Waals surface area contributed by atoms with Gasteiger partial charge in [0.1, 0.15) is 0 Å². The van der Waals surface area contributed by atoms with Gasteiger partial charge in [-0.05, 0) is 58.5 Å². The predicted molar refractivity (Wildman–Crippen MR) is 68.8 cm³/mol. The van der Waals surface area contributed by atoms with Gasteiger partial charge in [0, 0.05) is 18.6 Å². The van der Waals surface area contributed by atoms with Crippen LogP contribution < -0.4 is 10.6 Å². The first kappa shape index (κ1) is 14.5. The number of rotatable bonds is 6. The predicted octanol–water partition coefficient (Wildman–Crippen LogP) is 1.04. The van der Waals surface area contributed by atoms with E-state index < -0.39 is 0 Å². The SMILES string of the molecule is CC(C)(CCO)NC(=O)CCC1CCNCC1. The minimum atomic E-state index is -0.292. The number of piperidine rings is 1. The number of amides is 1. The fourth-order valence-electron chi connectivity index (χ4n) is 2.29. The quantitative estimate of drug-likeness (QED) is 0.652. The molecule has 4 heteroatoms. The lowest BCUT2D eigenvalue weighted by atomic mass is 9.92. The highest BCUT2D eigenvalue weighted by Gasteiger charge is 2.20. The van der Waals surface area contributed by atoms with E-state index in [9.17, 15) is 4.79 Å². The van der Waals surface area contributed by atoms with Crippen LogP contribution >= 0.6 is 0 Å². The van der Waals surface area contributed by atoms with Gasteiger partial charge < -0.3 is 15.7 Å². The van der Waals surface area contributed by atoms with Crippen LogP contribution in [0.2, 0.25) is 0 Å². The summed E-state index contributed by atoms with van der Waals surface area (Å²) >= 11 is 0. The molecule has 1 amide bonds. The van der Waals surface area contributed by atoms with E-state index in [0.717, 1.165) is 19.5 Å². The van der Waals surface area contributed by atoms with Crippen molar-refractivity contribution in [2.45, 2.75) is 51.5 Å². The van der Waals surface area contributed by atoms with Crippen molar-refractivity contribution in [3.05, 3.63) is 0 Å². The van der Waals surface area contributed by atoms with Crippen LogP contribution in [0.25, 0.3) is 0 Å². The molecule has 1 fully saturated rings. The maximum Gasteiger partial charge on any atom is 0.220 e. The van der Waals surface area contributed by atoms with E-state index in [1.807, 2.05) is 13.8 Å². The third kappa shape index (κ3) is 6.03. The van der Waals surface area contributed by atoms with Gasteiger partial charge in [0.15, 0.2) is 0 Å². The molecule has 1 rings (SSSR count). The molecule has 0 spiro atoms. The third-order valence-corrected chi connectivity index (χ3v) is 3.45. The highest BCUT2D eigenvalue weighted by atomic mass is 16.3. The van der Waals surface area contributed by atoms with Crippen LogP contribution in [0.4, 0.5) is 0 Å². The van der Waals surface area contributed by atoms with Crippen LogP contribution in [0.1, 0.15) is 46.0 Å². The summed E-state index contributed by atoms with van der Waals surface area (Å²) in [5.74, 6) is 0.810. The van der Waals surface area contributed by atoms with Crippen LogP contribution in [-0.4, -0.2) is 36.2 Å². The molecule has 17 heavy (non-hydrogen) atoms. The minimum absolute atomic E-state index is 0.113. The van der Waals surface area contributed by atoms with Crippen molar-refractivity contribution in [3.8, 4) is 0 Å². The van der Waals surface area contributed by atoms with Crippen molar-refractivity contribution in [2.75, 3.05) is 19.7 Å². The highest BCUT2D eigenvalue weighted by molar-refractivity contribution is 5.76. The molecule has 0 atom stereocenters. The molecule has 4 nitrogen and oxygen atoms in total. The second kappa shape index (κ2) is 6.97. The zero-order chi connectivity index (χ0) is 12.7. The Morgan fingerprint density at radius 2 is 2.06 bits per heavy atom. The van der Waals surface area contributed by atoms with Gasteiger partial charge in [-0.2, -0.15) is 0 Å². The first-order valence-electron chi connectivity index (χ1n) is 6.66. The second-order valence-electron chi connectivity index (χ2n) is 5.64. The fourth-order valence-corrected chi connectivity index (χ4v) is 2.29. The van der Waals surface area contributed by atoms with Gasteiger partial charge >= 0.3 is 0 Å². The molecule has 1 heterocycles. The Balaban J connectivity index is 2.20. The first-order chi connectivity index (χ1) is 8.03. The monoisotopic (exact) mass is 242 g/mol. The summed E-state index contributed by atoms with van der Waals surface area (Å²) in [4.78, 5) is 11.8. The molecule has 1 aliphatic heterocycles. The van der Waals surface area contributed by atoms with Gasteiger partial charge in [0.2, 0.25) is 5.91 Å². The molecule has 0 aliphatic carbocycles. The average Bonchev–Trinajstić information content (AvgIpc) is 2.27. The van der Waals surface area contributed by atoms with E-state index in [1.54, 1.807) is 0 Å². The zero-order valence-corrected chi connectivity index (χ0v) is 11.1. The smallest absolute Gasteiger partial charge is 0.220 e. The van der Waals surface area contributed by atoms with Crippen LogP contribution in [0, 0.1) is 5.92 Å². The van der Waals surface area contributed by atoms with E-state index in [0.29, 0.717) is 18.8 Å². The summed E-state index contributed by atoms with van der Waals surface area (Å²) in [6.07, 6.45) is 4.58. The standard InChI is InChI=1S/C13H26N2O2/c1-13(2,7-10-16)15-12(17)4-3-11-5-8-14-9-6-11/h11,14,16H,3-10H2,1-2H3,(H,15,17). The molecule has 0 aromatic carbocycles. The van der Waals surface area contributed by atoms with Crippen molar-refractivity contribution < 1.29 is 9.90 Å². The summed E-state index contributed by atoms with van der Waals surface area (Å²) in [6.45, 7) is 6.18. The molecule has 0 aromatic rings. The van der Waals surface area contributed by atoms with Gasteiger partial charge in [-0.25, -0.2) is 0 Å². The topological polar surface area (TPSA) is 61.4 Å². The fraction of sp³-hybridized carbons (Fsp3) is 0.923. The lowest BCUT2D eigenvalue weighted by molar-refractivity contribution is -0.123. The molecule has 1 saturated heterocycles. The summed E-state index contributed by atoms with van der Waals surface area (Å²) < 4.78 is 0. The zero-order valence-electron chi connectivity index (χ0n) is 11.1. The number of aliphatic hydroxyl groups is 1. The molecule has 0 radical (unpaired) electrons. The Bertz CT molecular complexity index is 236. The maximum absolute atomic E-state index is 11.8. The normalized spacial score (nSPS) is 18.1. The van der Waals surface area contributed by atoms with Crippen LogP contribution in [-0.2, 0) is 4.79 Å². The van der Waals surface area contributed by atoms with E-state index in [-0.39, 0.29) is 18.1 Å². The van der Waals surface area contributed by atoms with E-state index in [1.165, 1.54) is 12.8 Å². The lowest BCUT2D eigenvalue weighted by Gasteiger charge is -2.26. The Hall–Kier alpha value is -0.610. The molecule has 1 aliphatic rings. The summed E-state index contributed by atoms with van der Waals surface area (Å²) in [7, 11) is 0. The van der Waals surface area contributed by atoms with Crippen molar-refractivity contribution in [2.24, 2.45) is 5.92 Å². The molecule has 100 valence electrons. The van der Waals surface area contributed by atoms with E-state index in [4.69, 9.17) is 5.11 Å². The molecule has 0 aromatic heterocycles. The van der Waals surface area contributed by atoms with Gasteiger partial charge in [0.05, 0.1) is 0 Å². The van der Waals surface area contributed by atoms with Crippen molar-refractivity contribution in [1.82, 2.24) is 10.6 Å². The largest absolute Gasteiger partial charge is 0.396 e. The second-order valence-corrected chi connectivity index (χ2v) is 5.64. The van der Waals surface area contributed by atoms with Gasteiger partial charge in [0.25, 0.3) is 0 Å². The Morgan fingerprint density at radius 3 is 2.65 bits per heavy atom. The number of nitrogens with one attached hydrogen (secondary N) is 2. The minimum Gasteiger partial charge on any atom is -0.396 e. The van der Waals surface area contributed by atoms with Gasteiger partial charge in [-0.15, -0.1) is 0 Å². The molecule has 0 saturated carbocycles. The maximum atomic E-state index is 11.8. The Morgan fingerprint density at radius 1 is 1.41 bits per heavy atom. The van der Waals surface area contributed by atoms with Crippen LogP contribution in [0.3, 0.4) is 0 Å². The average molecular weight is 242 g/mol. The van der Waals surface area contributed by atoms with Crippen molar-refractivity contribution in [3.63, 3.8) is 0 Å². The molecule has 0 bridgehead atoms. The summed E-state index contributed by atoms with van der Waals surface area (Å²) in [6, 6.07) is 0. The summed E-state index contributed by atoms with van der Waals surface area (Å²) in [5.41, 5.74) is -0.292. The number of carbonyl (C=O) groups is 1. The van der Waals surface area contributed by atoms with Crippen molar-refractivity contribution in [1.29, 1.82) is 0 Å². The molecular weight excluding hydrogens is 216 g/mol. The molecular formula is C13H26N2O2. The number of aliphatic hydroxyl groups excluding tert-OH is 1. The molecule has 0 unspecified atom stereocenters. The highest BCUT2D eigenvalue weighted by Crippen LogP contribution is 2.18. The van der Waals surface area contributed by atoms with Gasteiger partial charge in [-0.3, -0.25) is 4.79 Å². The lowest BCUT2D eigenvalue weighted by Crippen LogP contribution is -2.44. The Kier molecular flexibility index (Phi) is 5.92. The first-order valence-corrected chi connectivity index (χ1v) is 6.66. The van der Waals surface area contributed by atoms with Gasteiger partial charge in [-0.1, -0.05) is 0 Å². The molecule has 3 N–H and O–H groups in total. The number of carbonyl (C=O) groups excluding carboxylic acids is 1. The van der Waals surface area contributed by atoms with E-state index in [2.05, 4.69) is 10.6 Å². The summed E-state index contributed by atoms with van der Waals surface area (Å²) in [5, 5.41) is 15.2. The Labute approximate surface area is 104 Å². The van der Waals surface area contributed by atoms with Crippen LogP contribution in [0.15, 0.2) is 0 Å². The van der Waals surface area contributed by atoms with E-state index >= 15 is 0 Å². The van der Waals surface area contributed by atoms with Crippen molar-refractivity contribution >= 4 is 5.91 Å². The number of hydrogen-bond acceptors (Lipinski definition) is 3. The third-order valence-electron chi connectivity index (χ3n) is 3.45. The van der Waals surface area contributed by atoms with Crippen LogP contribution in [0.5, 0.6) is 0 Å². The number of hydrogen-bond donors (Lipinski definition) is 3.